The number of nitrogens with zero attached hydrogens (tertiary/aromatic N) is 1. The summed E-state index contributed by atoms with van der Waals surface area (Å²) in [6, 6.07) is 9.33. The average molecular weight is 276 g/mol. The summed E-state index contributed by atoms with van der Waals surface area (Å²) in [5.41, 5.74) is 7.08. The van der Waals surface area contributed by atoms with Crippen LogP contribution in [0.1, 0.15) is 18.4 Å². The highest BCUT2D eigenvalue weighted by Crippen LogP contribution is 2.17. The second kappa shape index (κ2) is 6.52. The lowest BCUT2D eigenvalue weighted by atomic mass is 10.1. The van der Waals surface area contributed by atoms with Gasteiger partial charge < -0.3 is 15.7 Å². The van der Waals surface area contributed by atoms with E-state index in [1.54, 1.807) is 4.90 Å². The van der Waals surface area contributed by atoms with Gasteiger partial charge in [0.1, 0.15) is 0 Å². The third kappa shape index (κ3) is 3.57. The van der Waals surface area contributed by atoms with Crippen molar-refractivity contribution < 1.29 is 14.7 Å². The Morgan fingerprint density at radius 3 is 2.65 bits per heavy atom. The van der Waals surface area contributed by atoms with Crippen LogP contribution in [0, 0.1) is 5.92 Å². The monoisotopic (exact) mass is 276 g/mol. The van der Waals surface area contributed by atoms with Gasteiger partial charge in [-0.2, -0.15) is 0 Å². The van der Waals surface area contributed by atoms with Gasteiger partial charge in [-0.1, -0.05) is 30.3 Å². The molecular formula is C15H20N2O3. The summed E-state index contributed by atoms with van der Waals surface area (Å²) >= 11 is 0. The molecule has 2 rings (SSSR count). The molecule has 1 aliphatic rings. The van der Waals surface area contributed by atoms with Crippen molar-refractivity contribution >= 4 is 11.9 Å². The second-order valence-electron chi connectivity index (χ2n) is 5.24. The third-order valence-electron chi connectivity index (χ3n) is 3.75. The van der Waals surface area contributed by atoms with E-state index in [0.717, 1.165) is 12.0 Å². The molecule has 1 aromatic rings. The Balaban J connectivity index is 1.82. The molecule has 1 aromatic carbocycles. The van der Waals surface area contributed by atoms with Crippen molar-refractivity contribution in [2.45, 2.75) is 25.3 Å². The van der Waals surface area contributed by atoms with Gasteiger partial charge in [0.2, 0.25) is 5.91 Å². The van der Waals surface area contributed by atoms with E-state index in [-0.39, 0.29) is 12.5 Å². The number of likely N-dealkylation sites (tertiary alicyclic amines) is 1. The molecule has 1 heterocycles. The SMILES string of the molecule is N[C@@H](CCc1ccccc1)C(=O)N1CCC(C(=O)O)C1. The summed E-state index contributed by atoms with van der Waals surface area (Å²) in [6.07, 6.45) is 1.85. The second-order valence-corrected chi connectivity index (χ2v) is 5.24. The van der Waals surface area contributed by atoms with Crippen molar-refractivity contribution in [1.82, 2.24) is 4.90 Å². The number of benzene rings is 1. The van der Waals surface area contributed by atoms with Crippen LogP contribution >= 0.6 is 0 Å². The molecule has 2 atom stereocenters. The Hall–Kier alpha value is -1.88. The topological polar surface area (TPSA) is 83.6 Å². The summed E-state index contributed by atoms with van der Waals surface area (Å²) < 4.78 is 0. The van der Waals surface area contributed by atoms with Gasteiger partial charge in [-0.05, 0) is 24.8 Å². The van der Waals surface area contributed by atoms with Crippen LogP contribution in [0.2, 0.25) is 0 Å². The van der Waals surface area contributed by atoms with Crippen LogP contribution in [0.4, 0.5) is 0 Å². The van der Waals surface area contributed by atoms with Crippen LogP contribution in [0.5, 0.6) is 0 Å². The van der Waals surface area contributed by atoms with Gasteiger partial charge in [0.15, 0.2) is 0 Å². The first-order chi connectivity index (χ1) is 9.58. The molecule has 0 spiro atoms. The summed E-state index contributed by atoms with van der Waals surface area (Å²) in [5, 5.41) is 8.93. The fraction of sp³-hybridized carbons (Fsp3) is 0.467. The van der Waals surface area contributed by atoms with Crippen molar-refractivity contribution in [3.05, 3.63) is 35.9 Å². The smallest absolute Gasteiger partial charge is 0.308 e. The van der Waals surface area contributed by atoms with Crippen LogP contribution in [0.3, 0.4) is 0 Å². The van der Waals surface area contributed by atoms with E-state index < -0.39 is 17.9 Å². The summed E-state index contributed by atoms with van der Waals surface area (Å²) in [7, 11) is 0. The van der Waals surface area contributed by atoms with Gasteiger partial charge in [-0.3, -0.25) is 9.59 Å². The lowest BCUT2D eigenvalue weighted by Gasteiger charge is -2.20. The lowest BCUT2D eigenvalue weighted by Crippen LogP contribution is -2.43. The van der Waals surface area contributed by atoms with E-state index in [0.29, 0.717) is 19.4 Å². The number of carbonyl (C=O) groups is 2. The Kier molecular flexibility index (Phi) is 4.74. The number of carboxylic acid groups (broad SMARTS) is 1. The maximum absolute atomic E-state index is 12.1. The number of aryl methyl sites for hydroxylation is 1. The van der Waals surface area contributed by atoms with Crippen molar-refractivity contribution in [1.29, 1.82) is 0 Å². The van der Waals surface area contributed by atoms with Gasteiger partial charge in [-0.25, -0.2) is 0 Å². The molecule has 0 bridgehead atoms. The lowest BCUT2D eigenvalue weighted by molar-refractivity contribution is -0.141. The molecule has 1 fully saturated rings. The van der Waals surface area contributed by atoms with Crippen molar-refractivity contribution in [3.63, 3.8) is 0 Å². The minimum Gasteiger partial charge on any atom is -0.481 e. The number of nitrogens with two attached hydrogens (primary N) is 1. The fourth-order valence-electron chi connectivity index (χ4n) is 2.49. The molecule has 20 heavy (non-hydrogen) atoms. The van der Waals surface area contributed by atoms with E-state index in [4.69, 9.17) is 10.8 Å². The van der Waals surface area contributed by atoms with E-state index in [1.807, 2.05) is 30.3 Å². The number of hydrogen-bond acceptors (Lipinski definition) is 3. The maximum Gasteiger partial charge on any atom is 0.308 e. The molecule has 5 heteroatoms. The third-order valence-corrected chi connectivity index (χ3v) is 3.75. The predicted octanol–water partition coefficient (Wildman–Crippen LogP) is 0.880. The fourth-order valence-corrected chi connectivity index (χ4v) is 2.49. The van der Waals surface area contributed by atoms with Crippen LogP contribution in [0.25, 0.3) is 0 Å². The van der Waals surface area contributed by atoms with Crippen molar-refractivity contribution in [2.75, 3.05) is 13.1 Å². The zero-order valence-electron chi connectivity index (χ0n) is 11.4. The minimum absolute atomic E-state index is 0.135. The first-order valence-corrected chi connectivity index (χ1v) is 6.89. The first-order valence-electron chi connectivity index (χ1n) is 6.89. The van der Waals surface area contributed by atoms with E-state index in [9.17, 15) is 9.59 Å². The highest BCUT2D eigenvalue weighted by Gasteiger charge is 2.32. The van der Waals surface area contributed by atoms with Crippen LogP contribution in [-0.2, 0) is 16.0 Å². The first kappa shape index (κ1) is 14.5. The predicted molar refractivity (Wildman–Crippen MR) is 75.1 cm³/mol. The molecule has 5 nitrogen and oxygen atoms in total. The summed E-state index contributed by atoms with van der Waals surface area (Å²) in [5.74, 6) is -1.41. The summed E-state index contributed by atoms with van der Waals surface area (Å²) in [4.78, 5) is 24.6. The highest BCUT2D eigenvalue weighted by atomic mass is 16.4. The molecule has 108 valence electrons. The maximum atomic E-state index is 12.1. The number of aliphatic carboxylic acids is 1. The summed E-state index contributed by atoms with van der Waals surface area (Å²) in [6.45, 7) is 0.780. The number of rotatable bonds is 5. The number of hydrogen-bond donors (Lipinski definition) is 2. The van der Waals surface area contributed by atoms with Gasteiger partial charge >= 0.3 is 5.97 Å². The van der Waals surface area contributed by atoms with Crippen LogP contribution in [-0.4, -0.2) is 41.0 Å². The molecule has 0 aliphatic carbocycles. The van der Waals surface area contributed by atoms with Gasteiger partial charge in [0.05, 0.1) is 12.0 Å². The van der Waals surface area contributed by atoms with E-state index in [2.05, 4.69) is 0 Å². The Bertz CT molecular complexity index is 475. The van der Waals surface area contributed by atoms with E-state index >= 15 is 0 Å². The van der Waals surface area contributed by atoms with Crippen LogP contribution in [0.15, 0.2) is 30.3 Å². The van der Waals surface area contributed by atoms with Crippen LogP contribution < -0.4 is 5.73 Å². The zero-order chi connectivity index (χ0) is 14.5. The quantitative estimate of drug-likeness (QED) is 0.836. The average Bonchev–Trinajstić information content (AvgIpc) is 2.95. The van der Waals surface area contributed by atoms with Gasteiger partial charge in [0, 0.05) is 13.1 Å². The molecule has 1 unspecified atom stereocenters. The molecule has 3 N–H and O–H groups in total. The molecule has 0 saturated carbocycles. The Morgan fingerprint density at radius 1 is 1.35 bits per heavy atom. The standard InChI is InChI=1S/C15H20N2O3/c16-13(7-6-11-4-2-1-3-5-11)14(18)17-9-8-12(10-17)15(19)20/h1-5,12-13H,6-10,16H2,(H,19,20)/t12?,13-/m0/s1. The van der Waals surface area contributed by atoms with Gasteiger partial charge in [-0.15, -0.1) is 0 Å². The molecule has 0 aromatic heterocycles. The van der Waals surface area contributed by atoms with Crippen molar-refractivity contribution in [3.8, 4) is 0 Å². The molecule has 1 amide bonds. The number of carboxylic acids is 1. The zero-order valence-corrected chi connectivity index (χ0v) is 11.4. The number of amides is 1. The minimum atomic E-state index is -0.835. The van der Waals surface area contributed by atoms with E-state index in [1.165, 1.54) is 0 Å². The normalized spacial score (nSPS) is 19.9. The molecular weight excluding hydrogens is 256 g/mol. The Morgan fingerprint density at radius 2 is 2.05 bits per heavy atom. The molecule has 1 aliphatic heterocycles. The largest absolute Gasteiger partial charge is 0.481 e. The molecule has 1 saturated heterocycles. The van der Waals surface area contributed by atoms with Gasteiger partial charge in [0.25, 0.3) is 0 Å². The van der Waals surface area contributed by atoms with Crippen molar-refractivity contribution in [2.24, 2.45) is 11.7 Å². The number of carbonyl (C=O) groups excluding carboxylic acids is 1. The highest BCUT2D eigenvalue weighted by molar-refractivity contribution is 5.83. The molecule has 0 radical (unpaired) electrons. The Labute approximate surface area is 118 Å².